The molecule has 2 aromatic rings. The summed E-state index contributed by atoms with van der Waals surface area (Å²) in [6.07, 6.45) is 0. The van der Waals surface area contributed by atoms with E-state index < -0.39 is 17.5 Å². The average Bonchev–Trinajstić information content (AvgIpc) is 2.58. The van der Waals surface area contributed by atoms with Gasteiger partial charge < -0.3 is 14.2 Å². The van der Waals surface area contributed by atoms with E-state index >= 15 is 0 Å². The average molecular weight is 396 g/mol. The van der Waals surface area contributed by atoms with E-state index in [0.717, 1.165) is 4.47 Å². The summed E-state index contributed by atoms with van der Waals surface area (Å²) in [7, 11) is 1.52. The number of rotatable bonds is 7. The highest BCUT2D eigenvalue weighted by atomic mass is 79.9. The minimum absolute atomic E-state index is 0.00168. The molecule has 0 amide bonds. The van der Waals surface area contributed by atoms with Crippen molar-refractivity contribution < 1.29 is 23.9 Å². The number of carbonyl (C=O) groups is 1. The molecule has 24 heavy (non-hydrogen) atoms. The first-order valence-electron chi connectivity index (χ1n) is 6.85. The number of ether oxygens (including phenoxy) is 3. The van der Waals surface area contributed by atoms with Crippen LogP contribution in [0, 0.1) is 10.1 Å². The summed E-state index contributed by atoms with van der Waals surface area (Å²) in [5, 5.41) is 10.9. The Morgan fingerprint density at radius 2 is 1.96 bits per heavy atom. The topological polar surface area (TPSA) is 87.9 Å². The van der Waals surface area contributed by atoms with Gasteiger partial charge in [-0.05, 0) is 24.3 Å². The minimum Gasteiger partial charge on any atom is -0.496 e. The van der Waals surface area contributed by atoms with E-state index in [1.54, 1.807) is 18.2 Å². The number of para-hydroxylation sites is 2. The standard InChI is InChI=1S/C16H14BrNO6/c1-22-14-7-6-12(17)8-11(14)9-24-16(19)10-23-15-5-3-2-4-13(15)18(20)21/h2-8H,9-10H2,1H3. The van der Waals surface area contributed by atoms with E-state index in [0.29, 0.717) is 11.3 Å². The molecule has 0 heterocycles. The first kappa shape index (κ1) is 17.7. The summed E-state index contributed by atoms with van der Waals surface area (Å²) >= 11 is 3.33. The van der Waals surface area contributed by atoms with Crippen LogP contribution >= 0.6 is 15.9 Å². The van der Waals surface area contributed by atoms with Crippen LogP contribution in [-0.2, 0) is 16.1 Å². The van der Waals surface area contributed by atoms with Crippen molar-refractivity contribution in [3.63, 3.8) is 0 Å². The Hall–Kier alpha value is -2.61. The van der Waals surface area contributed by atoms with Crippen molar-refractivity contribution in [3.8, 4) is 11.5 Å². The van der Waals surface area contributed by atoms with Gasteiger partial charge >= 0.3 is 11.7 Å². The van der Waals surface area contributed by atoms with Crippen molar-refractivity contribution in [2.45, 2.75) is 6.61 Å². The number of methoxy groups -OCH3 is 1. The highest BCUT2D eigenvalue weighted by Crippen LogP contribution is 2.26. The number of nitro benzene ring substituents is 1. The summed E-state index contributed by atoms with van der Waals surface area (Å²) in [5.74, 6) is -0.0414. The Balaban J connectivity index is 1.93. The van der Waals surface area contributed by atoms with E-state index in [1.807, 2.05) is 6.07 Å². The molecule has 0 unspecified atom stereocenters. The smallest absolute Gasteiger partial charge is 0.344 e. The Morgan fingerprint density at radius 3 is 2.67 bits per heavy atom. The number of halogens is 1. The van der Waals surface area contributed by atoms with Gasteiger partial charge in [-0.3, -0.25) is 10.1 Å². The number of nitrogens with zero attached hydrogens (tertiary/aromatic N) is 1. The lowest BCUT2D eigenvalue weighted by Crippen LogP contribution is -2.15. The molecule has 7 nitrogen and oxygen atoms in total. The predicted octanol–water partition coefficient (Wildman–Crippen LogP) is 3.49. The number of benzene rings is 2. The molecule has 8 heteroatoms. The van der Waals surface area contributed by atoms with E-state index in [4.69, 9.17) is 14.2 Å². The Bertz CT molecular complexity index is 749. The fourth-order valence-electron chi connectivity index (χ4n) is 1.93. The molecule has 0 aliphatic heterocycles. The molecular weight excluding hydrogens is 382 g/mol. The zero-order valence-electron chi connectivity index (χ0n) is 12.7. The van der Waals surface area contributed by atoms with Gasteiger partial charge in [-0.25, -0.2) is 4.79 Å². The first-order valence-corrected chi connectivity index (χ1v) is 7.65. The molecule has 0 radical (unpaired) electrons. The van der Waals surface area contributed by atoms with Crippen LogP contribution in [0.3, 0.4) is 0 Å². The first-order chi connectivity index (χ1) is 11.5. The summed E-state index contributed by atoms with van der Waals surface area (Å²) in [6.45, 7) is -0.428. The van der Waals surface area contributed by atoms with Crippen LogP contribution in [0.15, 0.2) is 46.9 Å². The van der Waals surface area contributed by atoms with Crippen molar-refractivity contribution in [1.82, 2.24) is 0 Å². The molecule has 0 atom stereocenters. The second-order valence-corrected chi connectivity index (χ2v) is 5.55. The fraction of sp³-hybridized carbons (Fsp3) is 0.188. The molecule has 2 aromatic carbocycles. The number of nitro groups is 1. The molecular formula is C16H14BrNO6. The number of hydrogen-bond acceptors (Lipinski definition) is 6. The van der Waals surface area contributed by atoms with Gasteiger partial charge in [-0.2, -0.15) is 0 Å². The summed E-state index contributed by atoms with van der Waals surface area (Å²) < 4.78 is 16.3. The SMILES string of the molecule is COc1ccc(Br)cc1COC(=O)COc1ccccc1[N+](=O)[O-]. The molecule has 0 fully saturated rings. The summed E-state index contributed by atoms with van der Waals surface area (Å²) in [6, 6.07) is 11.1. The second kappa shape index (κ2) is 8.30. The summed E-state index contributed by atoms with van der Waals surface area (Å²) in [4.78, 5) is 22.1. The van der Waals surface area contributed by atoms with Gasteiger partial charge in [0.1, 0.15) is 12.4 Å². The molecule has 0 bridgehead atoms. The van der Waals surface area contributed by atoms with E-state index in [-0.39, 0.29) is 18.0 Å². The molecule has 0 saturated heterocycles. The molecule has 0 aliphatic carbocycles. The Labute approximate surface area is 146 Å². The van der Waals surface area contributed by atoms with Gasteiger partial charge in [0.15, 0.2) is 12.4 Å². The van der Waals surface area contributed by atoms with E-state index in [9.17, 15) is 14.9 Å². The van der Waals surface area contributed by atoms with Gasteiger partial charge in [-0.15, -0.1) is 0 Å². The van der Waals surface area contributed by atoms with Gasteiger partial charge in [0, 0.05) is 16.1 Å². The fourth-order valence-corrected chi connectivity index (χ4v) is 2.34. The minimum atomic E-state index is -0.643. The van der Waals surface area contributed by atoms with Crippen molar-refractivity contribution in [1.29, 1.82) is 0 Å². The van der Waals surface area contributed by atoms with Gasteiger partial charge in [0.25, 0.3) is 0 Å². The second-order valence-electron chi connectivity index (χ2n) is 4.63. The zero-order valence-corrected chi connectivity index (χ0v) is 14.3. The van der Waals surface area contributed by atoms with Crippen molar-refractivity contribution in [3.05, 3.63) is 62.6 Å². The molecule has 0 aromatic heterocycles. The van der Waals surface area contributed by atoms with Crippen molar-refractivity contribution in [2.75, 3.05) is 13.7 Å². The third-order valence-corrected chi connectivity index (χ3v) is 3.53. The van der Waals surface area contributed by atoms with Crippen LogP contribution in [0.1, 0.15) is 5.56 Å². The number of hydrogen-bond donors (Lipinski definition) is 0. The highest BCUT2D eigenvalue weighted by molar-refractivity contribution is 9.10. The number of carbonyl (C=O) groups excluding carboxylic acids is 1. The monoisotopic (exact) mass is 395 g/mol. The largest absolute Gasteiger partial charge is 0.496 e. The van der Waals surface area contributed by atoms with Crippen molar-refractivity contribution in [2.24, 2.45) is 0 Å². The van der Waals surface area contributed by atoms with Crippen LogP contribution < -0.4 is 9.47 Å². The Kier molecular flexibility index (Phi) is 6.14. The van der Waals surface area contributed by atoms with Crippen molar-refractivity contribution >= 4 is 27.6 Å². The van der Waals surface area contributed by atoms with Gasteiger partial charge in [0.2, 0.25) is 0 Å². The normalized spacial score (nSPS) is 10.1. The molecule has 0 aliphatic rings. The lowest BCUT2D eigenvalue weighted by atomic mass is 10.2. The van der Waals surface area contributed by atoms with Crippen LogP contribution in [0.4, 0.5) is 5.69 Å². The molecule has 0 saturated carbocycles. The number of esters is 1. The predicted molar refractivity (Wildman–Crippen MR) is 89.1 cm³/mol. The van der Waals surface area contributed by atoms with E-state index in [2.05, 4.69) is 15.9 Å². The molecule has 2 rings (SSSR count). The van der Waals surface area contributed by atoms with E-state index in [1.165, 1.54) is 25.3 Å². The molecule has 0 spiro atoms. The quantitative estimate of drug-likeness (QED) is 0.405. The third-order valence-electron chi connectivity index (χ3n) is 3.04. The molecule has 126 valence electrons. The Morgan fingerprint density at radius 1 is 1.21 bits per heavy atom. The maximum absolute atomic E-state index is 11.8. The summed E-state index contributed by atoms with van der Waals surface area (Å²) in [5.41, 5.74) is 0.477. The van der Waals surface area contributed by atoms with Crippen LogP contribution in [-0.4, -0.2) is 24.6 Å². The maximum Gasteiger partial charge on any atom is 0.344 e. The van der Waals surface area contributed by atoms with Gasteiger partial charge in [0.05, 0.1) is 12.0 Å². The highest BCUT2D eigenvalue weighted by Gasteiger charge is 2.15. The van der Waals surface area contributed by atoms with Crippen LogP contribution in [0.25, 0.3) is 0 Å². The maximum atomic E-state index is 11.8. The van der Waals surface area contributed by atoms with Gasteiger partial charge in [-0.1, -0.05) is 28.1 Å². The third kappa shape index (κ3) is 4.69. The lowest BCUT2D eigenvalue weighted by Gasteiger charge is -2.10. The van der Waals surface area contributed by atoms with Crippen LogP contribution in [0.5, 0.6) is 11.5 Å². The van der Waals surface area contributed by atoms with Crippen LogP contribution in [0.2, 0.25) is 0 Å². The lowest BCUT2D eigenvalue weighted by molar-refractivity contribution is -0.385. The zero-order chi connectivity index (χ0) is 17.5. The molecule has 0 N–H and O–H groups in total.